The normalized spacial score (nSPS) is 16.1. The van der Waals surface area contributed by atoms with Gasteiger partial charge in [-0.1, -0.05) is 30.3 Å². The molecule has 1 heterocycles. The zero-order valence-corrected chi connectivity index (χ0v) is 23.5. The molecule has 9 heteroatoms. The summed E-state index contributed by atoms with van der Waals surface area (Å²) < 4.78 is 32.9. The van der Waals surface area contributed by atoms with Gasteiger partial charge in [0.2, 0.25) is 0 Å². The molecule has 2 N–H and O–H groups in total. The highest BCUT2D eigenvalue weighted by Gasteiger charge is 2.27. The van der Waals surface area contributed by atoms with Crippen molar-refractivity contribution in [2.24, 2.45) is 0 Å². The van der Waals surface area contributed by atoms with Crippen molar-refractivity contribution in [1.29, 1.82) is 0 Å². The van der Waals surface area contributed by atoms with Crippen LogP contribution in [0.2, 0.25) is 0 Å². The van der Waals surface area contributed by atoms with Gasteiger partial charge in [0.05, 0.1) is 0 Å². The van der Waals surface area contributed by atoms with Crippen LogP contribution in [0, 0.1) is 18.6 Å². The van der Waals surface area contributed by atoms with Crippen molar-refractivity contribution in [3.8, 4) is 16.9 Å². The summed E-state index contributed by atoms with van der Waals surface area (Å²) in [5, 5.41) is 12.3. The maximum atomic E-state index is 13.6. The van der Waals surface area contributed by atoms with Crippen molar-refractivity contribution in [1.82, 2.24) is 10.2 Å². The standard InChI is InChI=1S/C31H34F2N2O4S/c1-20-6-3-4-8-26(20)28-14-21(9-10-27(28)30(36)34-29(31(37)38)11-13-40-2)18-35-12-5-7-24(35)19-39-25-16-22(32)15-23(33)17-25/h3-4,6,8-10,14-17,24,29H,5,7,11-13,18-19H2,1-2H3,(H,34,36)(H,37,38)/t24-,29+/m1/s1. The topological polar surface area (TPSA) is 78.9 Å². The second kappa shape index (κ2) is 13.8. The molecule has 1 amide bonds. The van der Waals surface area contributed by atoms with E-state index >= 15 is 0 Å². The van der Waals surface area contributed by atoms with Gasteiger partial charge in [-0.05, 0) is 79.1 Å². The maximum absolute atomic E-state index is 13.6. The lowest BCUT2D eigenvalue weighted by atomic mass is 9.93. The molecule has 0 bridgehead atoms. The van der Waals surface area contributed by atoms with Gasteiger partial charge in [0.15, 0.2) is 0 Å². The monoisotopic (exact) mass is 568 g/mol. The Morgan fingerprint density at radius 1 is 1.10 bits per heavy atom. The van der Waals surface area contributed by atoms with E-state index in [4.69, 9.17) is 4.74 Å². The fourth-order valence-corrected chi connectivity index (χ4v) is 5.52. The third-order valence-electron chi connectivity index (χ3n) is 7.14. The van der Waals surface area contributed by atoms with Crippen LogP contribution in [-0.4, -0.2) is 59.1 Å². The van der Waals surface area contributed by atoms with Crippen LogP contribution in [0.3, 0.4) is 0 Å². The molecule has 0 radical (unpaired) electrons. The molecule has 0 aromatic heterocycles. The number of carbonyl (C=O) groups is 2. The second-order valence-electron chi connectivity index (χ2n) is 10.0. The number of carbonyl (C=O) groups excluding carboxylic acids is 1. The third-order valence-corrected chi connectivity index (χ3v) is 7.79. The van der Waals surface area contributed by atoms with Gasteiger partial charge >= 0.3 is 5.97 Å². The number of ether oxygens (including phenoxy) is 1. The predicted molar refractivity (Wildman–Crippen MR) is 154 cm³/mol. The molecule has 0 saturated carbocycles. The summed E-state index contributed by atoms with van der Waals surface area (Å²) >= 11 is 1.53. The minimum Gasteiger partial charge on any atom is -0.492 e. The number of hydrogen-bond donors (Lipinski definition) is 2. The largest absolute Gasteiger partial charge is 0.492 e. The fourth-order valence-electron chi connectivity index (χ4n) is 5.05. The number of halogens is 2. The minimum absolute atomic E-state index is 0.0731. The molecule has 40 heavy (non-hydrogen) atoms. The van der Waals surface area contributed by atoms with E-state index in [1.54, 1.807) is 6.07 Å². The average molecular weight is 569 g/mol. The number of rotatable bonds is 12. The Morgan fingerprint density at radius 3 is 2.55 bits per heavy atom. The summed E-state index contributed by atoms with van der Waals surface area (Å²) in [7, 11) is 0. The smallest absolute Gasteiger partial charge is 0.326 e. The molecular weight excluding hydrogens is 534 g/mol. The highest BCUT2D eigenvalue weighted by molar-refractivity contribution is 7.98. The number of thioether (sulfide) groups is 1. The van der Waals surface area contributed by atoms with Crippen LogP contribution in [0.1, 0.15) is 40.7 Å². The highest BCUT2D eigenvalue weighted by atomic mass is 32.2. The SMILES string of the molecule is CSCC[C@H](NC(=O)c1ccc(CN2CCC[C@@H]2COc2cc(F)cc(F)c2)cc1-c1ccccc1C)C(=O)O. The van der Waals surface area contributed by atoms with Crippen LogP contribution in [0.4, 0.5) is 8.78 Å². The first-order valence-electron chi connectivity index (χ1n) is 13.3. The molecule has 1 fully saturated rings. The third kappa shape index (κ3) is 7.61. The number of benzene rings is 3. The van der Waals surface area contributed by atoms with Crippen LogP contribution in [0.25, 0.3) is 11.1 Å². The summed E-state index contributed by atoms with van der Waals surface area (Å²) in [5.41, 5.74) is 4.06. The lowest BCUT2D eigenvalue weighted by molar-refractivity contribution is -0.139. The highest BCUT2D eigenvalue weighted by Crippen LogP contribution is 2.30. The number of aryl methyl sites for hydroxylation is 1. The number of nitrogens with one attached hydrogen (secondary N) is 1. The van der Waals surface area contributed by atoms with Gasteiger partial charge in [-0.25, -0.2) is 13.6 Å². The first-order valence-corrected chi connectivity index (χ1v) is 14.7. The summed E-state index contributed by atoms with van der Waals surface area (Å²) in [5.74, 6) is -2.04. The lowest BCUT2D eigenvalue weighted by Gasteiger charge is -2.25. The zero-order valence-electron chi connectivity index (χ0n) is 22.7. The van der Waals surface area contributed by atoms with E-state index in [1.165, 1.54) is 23.9 Å². The van der Waals surface area contributed by atoms with Crippen molar-refractivity contribution in [3.05, 3.63) is 89.0 Å². The van der Waals surface area contributed by atoms with Crippen LogP contribution in [0.15, 0.2) is 60.7 Å². The van der Waals surface area contributed by atoms with E-state index in [-0.39, 0.29) is 11.8 Å². The zero-order chi connectivity index (χ0) is 28.6. The van der Waals surface area contributed by atoms with Crippen LogP contribution in [-0.2, 0) is 11.3 Å². The Morgan fingerprint density at radius 2 is 1.85 bits per heavy atom. The molecule has 212 valence electrons. The van der Waals surface area contributed by atoms with Crippen molar-refractivity contribution in [2.75, 3.05) is 25.2 Å². The molecule has 6 nitrogen and oxygen atoms in total. The predicted octanol–water partition coefficient (Wildman–Crippen LogP) is 5.92. The molecule has 1 aliphatic heterocycles. The van der Waals surface area contributed by atoms with Crippen LogP contribution >= 0.6 is 11.8 Å². The summed E-state index contributed by atoms with van der Waals surface area (Å²) in [4.78, 5) is 27.4. The molecular formula is C31H34F2N2O4S. The van der Waals surface area contributed by atoms with E-state index < -0.39 is 29.6 Å². The Hall–Kier alpha value is -3.43. The van der Waals surface area contributed by atoms with Crippen LogP contribution < -0.4 is 10.1 Å². The van der Waals surface area contributed by atoms with Gasteiger partial charge in [0, 0.05) is 36.3 Å². The Labute approximate surface area is 237 Å². The quantitative estimate of drug-likeness (QED) is 0.283. The van der Waals surface area contributed by atoms with Crippen molar-refractivity contribution >= 4 is 23.6 Å². The summed E-state index contributed by atoms with van der Waals surface area (Å²) in [6, 6.07) is 15.7. The molecule has 3 aromatic carbocycles. The Bertz CT molecular complexity index is 1330. The Kier molecular flexibility index (Phi) is 10.2. The number of aliphatic carboxylic acids is 1. The van der Waals surface area contributed by atoms with E-state index in [2.05, 4.69) is 10.2 Å². The summed E-state index contributed by atoms with van der Waals surface area (Å²) in [6.07, 6.45) is 4.10. The number of likely N-dealkylation sites (tertiary alicyclic amines) is 1. The van der Waals surface area contributed by atoms with Crippen molar-refractivity contribution < 1.29 is 28.2 Å². The van der Waals surface area contributed by atoms with Crippen molar-refractivity contribution in [2.45, 2.75) is 44.8 Å². The molecule has 1 saturated heterocycles. The number of amides is 1. The van der Waals surface area contributed by atoms with Gasteiger partial charge in [-0.3, -0.25) is 9.69 Å². The molecule has 0 spiro atoms. The van der Waals surface area contributed by atoms with Crippen molar-refractivity contribution in [3.63, 3.8) is 0 Å². The number of carboxylic acid groups (broad SMARTS) is 1. The molecule has 0 unspecified atom stereocenters. The van der Waals surface area contributed by atoms with Gasteiger partial charge in [-0.2, -0.15) is 11.8 Å². The van der Waals surface area contributed by atoms with E-state index in [9.17, 15) is 23.5 Å². The van der Waals surface area contributed by atoms with Gasteiger partial charge in [0.1, 0.15) is 30.0 Å². The molecule has 1 aliphatic rings. The Balaban J connectivity index is 1.55. The molecule has 3 aromatic rings. The first-order chi connectivity index (χ1) is 19.2. The lowest BCUT2D eigenvalue weighted by Crippen LogP contribution is -2.41. The maximum Gasteiger partial charge on any atom is 0.326 e. The van der Waals surface area contributed by atoms with E-state index in [1.807, 2.05) is 49.6 Å². The number of nitrogens with zero attached hydrogens (tertiary/aromatic N) is 1. The summed E-state index contributed by atoms with van der Waals surface area (Å²) in [6.45, 7) is 3.74. The van der Waals surface area contributed by atoms with Gasteiger partial charge in [-0.15, -0.1) is 0 Å². The van der Waals surface area contributed by atoms with Gasteiger partial charge in [0.25, 0.3) is 5.91 Å². The molecule has 4 rings (SSSR count). The first kappa shape index (κ1) is 29.6. The van der Waals surface area contributed by atoms with Gasteiger partial charge < -0.3 is 15.2 Å². The molecule has 2 atom stereocenters. The second-order valence-corrected chi connectivity index (χ2v) is 11.0. The minimum atomic E-state index is -1.06. The van der Waals surface area contributed by atoms with Crippen LogP contribution in [0.5, 0.6) is 5.75 Å². The number of carboxylic acids is 1. The van der Waals surface area contributed by atoms with E-state index in [0.717, 1.165) is 47.7 Å². The number of hydrogen-bond acceptors (Lipinski definition) is 5. The fraction of sp³-hybridized carbons (Fsp3) is 0.355. The molecule has 0 aliphatic carbocycles. The average Bonchev–Trinajstić information content (AvgIpc) is 3.36. The van der Waals surface area contributed by atoms with E-state index in [0.29, 0.717) is 30.9 Å².